The van der Waals surface area contributed by atoms with Crippen molar-refractivity contribution >= 4 is 48.3 Å². The number of anilines is 1. The maximum atomic E-state index is 11.9. The summed E-state index contributed by atoms with van der Waals surface area (Å²) in [6.07, 6.45) is 5.36. The molecule has 1 aliphatic rings. The van der Waals surface area contributed by atoms with Gasteiger partial charge < -0.3 is 5.32 Å². The van der Waals surface area contributed by atoms with Crippen molar-refractivity contribution in [1.29, 1.82) is 0 Å². The molecule has 0 aliphatic carbocycles. The average molecular weight is 362 g/mol. The number of carbonyl (C=O) groups is 1. The first-order chi connectivity index (χ1) is 9.81. The molecule has 1 aliphatic heterocycles. The van der Waals surface area contributed by atoms with Crippen molar-refractivity contribution in [2.75, 3.05) is 16.9 Å². The topological polar surface area (TPSA) is 71.8 Å². The van der Waals surface area contributed by atoms with Crippen LogP contribution in [0.5, 0.6) is 0 Å². The third kappa shape index (κ3) is 4.88. The van der Waals surface area contributed by atoms with Gasteiger partial charge in [0.1, 0.15) is 0 Å². The molecule has 6 nitrogen and oxygen atoms in total. The summed E-state index contributed by atoms with van der Waals surface area (Å²) in [5, 5.41) is 10.3. The zero-order chi connectivity index (χ0) is 13.8. The summed E-state index contributed by atoms with van der Waals surface area (Å²) in [7, 11) is 0. The standard InChI is InChI=1S/C13H15N5OS.2ClH/c19-13(11-8-20-9-15-11)16-12-3-6-18(17-12)7-10-1-4-14-5-2-10;;/h1-6,11,15H,7-9H2,(H,16,17,19);2*1H. The van der Waals surface area contributed by atoms with E-state index in [1.54, 1.807) is 34.9 Å². The summed E-state index contributed by atoms with van der Waals surface area (Å²) < 4.78 is 1.79. The first-order valence-corrected chi connectivity index (χ1v) is 7.51. The van der Waals surface area contributed by atoms with E-state index in [-0.39, 0.29) is 36.8 Å². The first kappa shape index (κ1) is 18.8. The van der Waals surface area contributed by atoms with Crippen LogP contribution in [0.1, 0.15) is 5.56 Å². The fraction of sp³-hybridized carbons (Fsp3) is 0.308. The largest absolute Gasteiger partial charge is 0.308 e. The Hall–Kier alpha value is -1.28. The molecule has 9 heteroatoms. The highest BCUT2D eigenvalue weighted by atomic mass is 35.5. The predicted octanol–water partition coefficient (Wildman–Crippen LogP) is 1.77. The molecular weight excluding hydrogens is 345 g/mol. The number of thioether (sulfide) groups is 1. The highest BCUT2D eigenvalue weighted by Crippen LogP contribution is 2.12. The predicted molar refractivity (Wildman–Crippen MR) is 92.9 cm³/mol. The Bertz CT molecular complexity index is 589. The Balaban J connectivity index is 0.00000121. The van der Waals surface area contributed by atoms with E-state index in [0.29, 0.717) is 12.4 Å². The van der Waals surface area contributed by atoms with E-state index in [4.69, 9.17) is 0 Å². The minimum absolute atomic E-state index is 0. The summed E-state index contributed by atoms with van der Waals surface area (Å²) in [4.78, 5) is 15.9. The summed E-state index contributed by atoms with van der Waals surface area (Å²) in [6, 6.07) is 5.57. The number of aromatic nitrogens is 3. The minimum atomic E-state index is -0.120. The summed E-state index contributed by atoms with van der Waals surface area (Å²) in [5.41, 5.74) is 1.12. The molecule has 0 bridgehead atoms. The molecular formula is C13H17Cl2N5OS. The fourth-order valence-electron chi connectivity index (χ4n) is 1.97. The Morgan fingerprint density at radius 1 is 1.36 bits per heavy atom. The lowest BCUT2D eigenvalue weighted by molar-refractivity contribution is -0.117. The molecule has 3 heterocycles. The van der Waals surface area contributed by atoms with Crippen molar-refractivity contribution < 1.29 is 4.79 Å². The first-order valence-electron chi connectivity index (χ1n) is 6.35. The van der Waals surface area contributed by atoms with E-state index in [9.17, 15) is 4.79 Å². The highest BCUT2D eigenvalue weighted by molar-refractivity contribution is 7.99. The molecule has 3 rings (SSSR count). The Morgan fingerprint density at radius 3 is 2.82 bits per heavy atom. The third-order valence-corrected chi connectivity index (χ3v) is 3.96. The average Bonchev–Trinajstić information content (AvgIpc) is 3.11. The monoisotopic (exact) mass is 361 g/mol. The molecule has 0 saturated carbocycles. The van der Waals surface area contributed by atoms with Crippen molar-refractivity contribution in [3.63, 3.8) is 0 Å². The number of halogens is 2. The van der Waals surface area contributed by atoms with Gasteiger partial charge in [-0.25, -0.2) is 0 Å². The normalized spacial score (nSPS) is 16.5. The molecule has 1 saturated heterocycles. The van der Waals surface area contributed by atoms with Gasteiger partial charge in [0.2, 0.25) is 5.91 Å². The molecule has 1 unspecified atom stereocenters. The fourth-order valence-corrected chi connectivity index (χ4v) is 2.91. The molecule has 0 aromatic carbocycles. The number of hydrogen-bond acceptors (Lipinski definition) is 5. The summed E-state index contributed by atoms with van der Waals surface area (Å²) >= 11 is 1.72. The van der Waals surface area contributed by atoms with E-state index in [2.05, 4.69) is 20.7 Å². The number of nitrogens with zero attached hydrogens (tertiary/aromatic N) is 3. The summed E-state index contributed by atoms with van der Waals surface area (Å²) in [6.45, 7) is 0.663. The zero-order valence-corrected chi connectivity index (χ0v) is 14.1. The molecule has 1 amide bonds. The van der Waals surface area contributed by atoms with Gasteiger partial charge in [0.15, 0.2) is 5.82 Å². The number of carbonyl (C=O) groups excluding carboxylic acids is 1. The van der Waals surface area contributed by atoms with Crippen LogP contribution in [-0.2, 0) is 11.3 Å². The molecule has 0 spiro atoms. The van der Waals surface area contributed by atoms with E-state index in [1.165, 1.54) is 0 Å². The number of rotatable bonds is 4. The van der Waals surface area contributed by atoms with Crippen molar-refractivity contribution in [2.24, 2.45) is 0 Å². The maximum Gasteiger partial charge on any atom is 0.243 e. The van der Waals surface area contributed by atoms with E-state index in [1.807, 2.05) is 18.3 Å². The van der Waals surface area contributed by atoms with Gasteiger partial charge in [-0.2, -0.15) is 5.10 Å². The van der Waals surface area contributed by atoms with Crippen LogP contribution in [0.15, 0.2) is 36.8 Å². The van der Waals surface area contributed by atoms with E-state index in [0.717, 1.165) is 17.2 Å². The molecule has 1 atom stereocenters. The molecule has 0 radical (unpaired) electrons. The third-order valence-electron chi connectivity index (χ3n) is 3.02. The van der Waals surface area contributed by atoms with Gasteiger partial charge in [-0.05, 0) is 17.7 Å². The van der Waals surface area contributed by atoms with Crippen LogP contribution in [0, 0.1) is 0 Å². The number of hydrogen-bond donors (Lipinski definition) is 2. The van der Waals surface area contributed by atoms with Gasteiger partial charge in [-0.3, -0.25) is 19.8 Å². The molecule has 1 fully saturated rings. The lowest BCUT2D eigenvalue weighted by Gasteiger charge is -2.08. The molecule has 22 heavy (non-hydrogen) atoms. The van der Waals surface area contributed by atoms with Crippen LogP contribution < -0.4 is 10.6 Å². The molecule has 2 N–H and O–H groups in total. The van der Waals surface area contributed by atoms with Gasteiger partial charge in [0.25, 0.3) is 0 Å². The van der Waals surface area contributed by atoms with Gasteiger partial charge in [-0.15, -0.1) is 36.6 Å². The lowest BCUT2D eigenvalue weighted by atomic mass is 10.3. The van der Waals surface area contributed by atoms with Gasteiger partial charge >= 0.3 is 0 Å². The quantitative estimate of drug-likeness (QED) is 0.868. The molecule has 120 valence electrons. The second kappa shape index (κ2) is 8.99. The van der Waals surface area contributed by atoms with Crippen LogP contribution in [-0.4, -0.2) is 38.3 Å². The summed E-state index contributed by atoms with van der Waals surface area (Å²) in [5.74, 6) is 2.20. The van der Waals surface area contributed by atoms with Crippen molar-refractivity contribution in [1.82, 2.24) is 20.1 Å². The molecule has 2 aromatic rings. The number of pyridine rings is 1. The Morgan fingerprint density at radius 2 is 2.14 bits per heavy atom. The second-order valence-corrected chi connectivity index (χ2v) is 5.55. The van der Waals surface area contributed by atoms with Crippen molar-refractivity contribution in [3.8, 4) is 0 Å². The van der Waals surface area contributed by atoms with E-state index < -0.39 is 0 Å². The van der Waals surface area contributed by atoms with Gasteiger partial charge in [0, 0.05) is 36.3 Å². The zero-order valence-electron chi connectivity index (χ0n) is 11.6. The van der Waals surface area contributed by atoms with Crippen LogP contribution in [0.25, 0.3) is 0 Å². The highest BCUT2D eigenvalue weighted by Gasteiger charge is 2.22. The van der Waals surface area contributed by atoms with Crippen LogP contribution >= 0.6 is 36.6 Å². The minimum Gasteiger partial charge on any atom is -0.308 e. The molecule has 2 aromatic heterocycles. The van der Waals surface area contributed by atoms with Gasteiger partial charge in [-0.1, -0.05) is 0 Å². The van der Waals surface area contributed by atoms with Gasteiger partial charge in [0.05, 0.1) is 12.6 Å². The maximum absolute atomic E-state index is 11.9. The van der Waals surface area contributed by atoms with E-state index >= 15 is 0 Å². The van der Waals surface area contributed by atoms with Crippen LogP contribution in [0.4, 0.5) is 5.82 Å². The van der Waals surface area contributed by atoms with Crippen LogP contribution in [0.2, 0.25) is 0 Å². The SMILES string of the molecule is Cl.Cl.O=C(Nc1ccn(Cc2ccncc2)n1)C1CSCN1. The smallest absolute Gasteiger partial charge is 0.243 e. The van der Waals surface area contributed by atoms with Crippen molar-refractivity contribution in [2.45, 2.75) is 12.6 Å². The Labute approximate surface area is 145 Å². The second-order valence-electron chi connectivity index (χ2n) is 4.52. The van der Waals surface area contributed by atoms with Crippen LogP contribution in [0.3, 0.4) is 0 Å². The number of nitrogens with one attached hydrogen (secondary N) is 2. The lowest BCUT2D eigenvalue weighted by Crippen LogP contribution is -2.37. The number of amides is 1. The Kier molecular flexibility index (Phi) is 7.67. The van der Waals surface area contributed by atoms with Crippen molar-refractivity contribution in [3.05, 3.63) is 42.4 Å².